The van der Waals surface area contributed by atoms with E-state index in [2.05, 4.69) is 14.9 Å². The summed E-state index contributed by atoms with van der Waals surface area (Å²) in [6, 6.07) is 0. The van der Waals surface area contributed by atoms with Gasteiger partial charge in [0.15, 0.2) is 0 Å². The molecule has 0 bridgehead atoms. The van der Waals surface area contributed by atoms with Crippen LogP contribution in [0.5, 0.6) is 0 Å². The van der Waals surface area contributed by atoms with E-state index in [1.807, 2.05) is 0 Å². The first-order valence-corrected chi connectivity index (χ1v) is 3.63. The Balaban J connectivity index is 4.70. The predicted octanol–water partition coefficient (Wildman–Crippen LogP) is 0.984. The van der Waals surface area contributed by atoms with Crippen molar-refractivity contribution in [2.75, 3.05) is 7.11 Å². The summed E-state index contributed by atoms with van der Waals surface area (Å²) in [6.45, 7) is 3.33. The molecule has 1 N–H and O–H groups in total. The third kappa shape index (κ3) is 3.50. The molecule has 0 aromatic carbocycles. The van der Waals surface area contributed by atoms with Crippen LogP contribution in [0.15, 0.2) is 22.4 Å². The highest BCUT2D eigenvalue weighted by Gasteiger charge is 2.15. The third-order valence-corrected chi connectivity index (χ3v) is 1.24. The van der Waals surface area contributed by atoms with Gasteiger partial charge in [0.25, 0.3) is 0 Å². The molecule has 0 saturated heterocycles. The van der Waals surface area contributed by atoms with Gasteiger partial charge in [-0.05, 0) is 13.8 Å². The maximum absolute atomic E-state index is 10.9. The molecule has 0 aliphatic carbocycles. The van der Waals surface area contributed by atoms with Crippen LogP contribution in [0, 0.1) is 0 Å². The van der Waals surface area contributed by atoms with E-state index in [1.165, 1.54) is 13.3 Å². The van der Waals surface area contributed by atoms with E-state index < -0.39 is 5.97 Å². The number of methoxy groups -OCH3 is 1. The molecule has 0 atom stereocenters. The van der Waals surface area contributed by atoms with E-state index >= 15 is 0 Å². The fourth-order valence-corrected chi connectivity index (χ4v) is 0.605. The Kier molecular flexibility index (Phi) is 5.18. The van der Waals surface area contributed by atoms with Gasteiger partial charge in [-0.15, -0.1) is 0 Å². The molecular formula is C8H12N2O3. The van der Waals surface area contributed by atoms with Gasteiger partial charge in [0.1, 0.15) is 0 Å². The molecule has 0 aromatic heterocycles. The molecule has 0 saturated carbocycles. The number of aliphatic imine (C=N–C) groups is 1. The van der Waals surface area contributed by atoms with Gasteiger partial charge in [0.05, 0.1) is 12.8 Å². The number of hydrogen-bond acceptors (Lipinski definition) is 5. The summed E-state index contributed by atoms with van der Waals surface area (Å²) in [6.07, 6.45) is 3.18. The molecule has 13 heavy (non-hydrogen) atoms. The first-order valence-electron chi connectivity index (χ1n) is 3.63. The molecule has 0 unspecified atom stereocenters. The van der Waals surface area contributed by atoms with Gasteiger partial charge in [-0.3, -0.25) is 4.99 Å². The lowest BCUT2D eigenvalue weighted by Gasteiger charge is -1.99. The third-order valence-electron chi connectivity index (χ3n) is 1.24. The van der Waals surface area contributed by atoms with Crippen LogP contribution < -0.4 is 0 Å². The van der Waals surface area contributed by atoms with Crippen molar-refractivity contribution in [3.8, 4) is 0 Å². The summed E-state index contributed by atoms with van der Waals surface area (Å²) in [5.41, 5.74) is 0.105. The van der Waals surface area contributed by atoms with Crippen LogP contribution in [0.3, 0.4) is 0 Å². The Bertz CT molecular complexity index is 267. The van der Waals surface area contributed by atoms with E-state index in [4.69, 9.17) is 5.21 Å². The molecule has 0 aliphatic rings. The molecular weight excluding hydrogens is 172 g/mol. The van der Waals surface area contributed by atoms with Crippen LogP contribution in [0.25, 0.3) is 0 Å². The Hall–Kier alpha value is -1.65. The minimum absolute atomic E-state index is 0.194. The van der Waals surface area contributed by atoms with Gasteiger partial charge in [-0.2, -0.15) is 0 Å². The molecule has 0 aliphatic heterocycles. The summed E-state index contributed by atoms with van der Waals surface area (Å²) >= 11 is 0. The zero-order chi connectivity index (χ0) is 10.3. The molecule has 0 amide bonds. The van der Waals surface area contributed by atoms with Crippen molar-refractivity contribution in [2.24, 2.45) is 10.1 Å². The van der Waals surface area contributed by atoms with Crippen molar-refractivity contribution >= 4 is 17.4 Å². The number of nitrogens with zero attached hydrogens (tertiary/aromatic N) is 2. The lowest BCUT2D eigenvalue weighted by atomic mass is 10.2. The van der Waals surface area contributed by atoms with Gasteiger partial charge >= 0.3 is 5.97 Å². The van der Waals surface area contributed by atoms with Crippen molar-refractivity contribution in [1.82, 2.24) is 0 Å². The number of oxime groups is 1. The lowest BCUT2D eigenvalue weighted by molar-refractivity contribution is -0.132. The number of carbonyl (C=O) groups is 1. The molecule has 0 rings (SSSR count). The second-order valence-corrected chi connectivity index (χ2v) is 2.14. The van der Waals surface area contributed by atoms with Crippen LogP contribution in [0.4, 0.5) is 0 Å². The number of rotatable bonds is 3. The summed E-state index contributed by atoms with van der Waals surface area (Å²) in [5.74, 6) is -0.715. The number of ether oxygens (including phenoxy) is 1. The zero-order valence-corrected chi connectivity index (χ0v) is 7.81. The first kappa shape index (κ1) is 11.4. The normalized spacial score (nSPS) is 13.5. The minimum atomic E-state index is -0.715. The van der Waals surface area contributed by atoms with E-state index in [9.17, 15) is 4.79 Å². The fourth-order valence-electron chi connectivity index (χ4n) is 0.605. The van der Waals surface area contributed by atoms with Gasteiger partial charge in [-0.1, -0.05) is 11.2 Å². The van der Waals surface area contributed by atoms with E-state index in [1.54, 1.807) is 19.9 Å². The summed E-state index contributed by atoms with van der Waals surface area (Å²) in [5, 5.41) is 11.3. The minimum Gasteiger partial charge on any atom is -0.464 e. The molecule has 0 spiro atoms. The lowest BCUT2D eigenvalue weighted by Crippen LogP contribution is -2.23. The quantitative estimate of drug-likeness (QED) is 0.307. The molecule has 0 fully saturated rings. The van der Waals surface area contributed by atoms with Gasteiger partial charge in [-0.25, -0.2) is 4.79 Å². The SMILES string of the molecule is C\C=C/N=C(C)\C(=N\O)C(=O)OC. The maximum Gasteiger partial charge on any atom is 0.362 e. The van der Waals surface area contributed by atoms with Crippen molar-refractivity contribution in [3.63, 3.8) is 0 Å². The second-order valence-electron chi connectivity index (χ2n) is 2.14. The summed E-state index contributed by atoms with van der Waals surface area (Å²) in [7, 11) is 1.20. The molecule has 0 heterocycles. The Morgan fingerprint density at radius 1 is 1.54 bits per heavy atom. The molecule has 0 radical (unpaired) electrons. The zero-order valence-electron chi connectivity index (χ0n) is 7.81. The van der Waals surface area contributed by atoms with Gasteiger partial charge < -0.3 is 9.94 Å². The van der Waals surface area contributed by atoms with Crippen LogP contribution in [0.2, 0.25) is 0 Å². The van der Waals surface area contributed by atoms with Gasteiger partial charge in [0.2, 0.25) is 5.71 Å². The second kappa shape index (κ2) is 5.93. The molecule has 5 heteroatoms. The number of allylic oxidation sites excluding steroid dienone is 1. The molecule has 72 valence electrons. The van der Waals surface area contributed by atoms with E-state index in [-0.39, 0.29) is 5.71 Å². The van der Waals surface area contributed by atoms with Crippen LogP contribution in [-0.4, -0.2) is 29.7 Å². The van der Waals surface area contributed by atoms with Crippen molar-refractivity contribution < 1.29 is 14.7 Å². The predicted molar refractivity (Wildman–Crippen MR) is 49.2 cm³/mol. The Labute approximate surface area is 76.4 Å². The van der Waals surface area contributed by atoms with Crippen molar-refractivity contribution in [2.45, 2.75) is 13.8 Å². The highest BCUT2D eigenvalue weighted by molar-refractivity contribution is 6.65. The maximum atomic E-state index is 10.9. The molecule has 5 nitrogen and oxygen atoms in total. The highest BCUT2D eigenvalue weighted by Crippen LogP contribution is 1.89. The summed E-state index contributed by atoms with van der Waals surface area (Å²) in [4.78, 5) is 14.8. The van der Waals surface area contributed by atoms with Crippen molar-refractivity contribution in [3.05, 3.63) is 12.3 Å². The number of esters is 1. The Morgan fingerprint density at radius 3 is 2.54 bits per heavy atom. The van der Waals surface area contributed by atoms with E-state index in [0.29, 0.717) is 5.71 Å². The smallest absolute Gasteiger partial charge is 0.362 e. The summed E-state index contributed by atoms with van der Waals surface area (Å²) < 4.78 is 4.37. The monoisotopic (exact) mass is 184 g/mol. The average molecular weight is 184 g/mol. The molecule has 0 aromatic rings. The van der Waals surface area contributed by atoms with Crippen molar-refractivity contribution in [1.29, 1.82) is 0 Å². The van der Waals surface area contributed by atoms with Crippen LogP contribution in [-0.2, 0) is 9.53 Å². The van der Waals surface area contributed by atoms with Gasteiger partial charge in [0, 0.05) is 6.20 Å². The highest BCUT2D eigenvalue weighted by atomic mass is 16.5. The largest absolute Gasteiger partial charge is 0.464 e. The van der Waals surface area contributed by atoms with Crippen LogP contribution >= 0.6 is 0 Å². The number of carbonyl (C=O) groups excluding carboxylic acids is 1. The van der Waals surface area contributed by atoms with Crippen LogP contribution in [0.1, 0.15) is 13.8 Å². The van der Waals surface area contributed by atoms with E-state index in [0.717, 1.165) is 0 Å². The standard InChI is InChI=1S/C8H12N2O3/c1-4-5-9-6(2)7(10-12)8(11)13-3/h4-5,12H,1-3H3/b5-4-,9-6-,10-7-. The average Bonchev–Trinajstić information content (AvgIpc) is 2.15. The number of hydrogen-bond donors (Lipinski definition) is 1. The first-order chi connectivity index (χ1) is 6.17. The fraction of sp³-hybridized carbons (Fsp3) is 0.375. The topological polar surface area (TPSA) is 71.2 Å². The Morgan fingerprint density at radius 2 is 2.15 bits per heavy atom.